The molecule has 16 heavy (non-hydrogen) atoms. The van der Waals surface area contributed by atoms with Crippen molar-refractivity contribution in [3.63, 3.8) is 0 Å². The average molecular weight is 244 g/mol. The van der Waals surface area contributed by atoms with Gasteiger partial charge in [-0.25, -0.2) is 0 Å². The topological polar surface area (TPSA) is 6.48 Å². The molecule has 96 valence electrons. The minimum absolute atomic E-state index is 0.798. The summed E-state index contributed by atoms with van der Waals surface area (Å²) in [5.41, 5.74) is 1.22. The third kappa shape index (κ3) is 7.31. The van der Waals surface area contributed by atoms with E-state index in [9.17, 15) is 0 Å². The molecule has 0 heterocycles. The molecule has 0 aromatic carbocycles. The Morgan fingerprint density at radius 3 is 1.94 bits per heavy atom. The highest BCUT2D eigenvalue weighted by molar-refractivity contribution is 7.80. The van der Waals surface area contributed by atoms with Gasteiger partial charge < -0.3 is 4.90 Å². The summed E-state index contributed by atoms with van der Waals surface area (Å²) >= 11 is 4.25. The van der Waals surface area contributed by atoms with E-state index in [0.29, 0.717) is 0 Å². The highest BCUT2D eigenvalue weighted by Gasteiger charge is 2.05. The van der Waals surface area contributed by atoms with Crippen molar-refractivity contribution < 1.29 is 0 Å². The summed E-state index contributed by atoms with van der Waals surface area (Å²) in [4.78, 5) is 4.92. The molecule has 0 atom stereocenters. The standard InChI is InChI=1S/C13H28N2S/c1-5-14(6-2)9-8-10-15(7-3)11-13(4)12-16/h16H,4-12H2,1-3H3. The Morgan fingerprint density at radius 2 is 1.50 bits per heavy atom. The van der Waals surface area contributed by atoms with Crippen molar-refractivity contribution in [2.24, 2.45) is 0 Å². The Hall–Kier alpha value is 0.01000. The van der Waals surface area contributed by atoms with Gasteiger partial charge >= 0.3 is 0 Å². The predicted octanol–water partition coefficient (Wildman–Crippen LogP) is 2.53. The van der Waals surface area contributed by atoms with Crippen LogP contribution in [0.25, 0.3) is 0 Å². The molecule has 0 aliphatic rings. The fraction of sp³-hybridized carbons (Fsp3) is 0.846. The number of nitrogens with zero attached hydrogens (tertiary/aromatic N) is 2. The van der Waals surface area contributed by atoms with E-state index in [-0.39, 0.29) is 0 Å². The molecule has 2 nitrogen and oxygen atoms in total. The first kappa shape index (κ1) is 16.0. The minimum Gasteiger partial charge on any atom is -0.304 e. The zero-order chi connectivity index (χ0) is 12.4. The van der Waals surface area contributed by atoms with Gasteiger partial charge in [-0.05, 0) is 39.1 Å². The van der Waals surface area contributed by atoms with Crippen molar-refractivity contribution >= 4 is 12.6 Å². The van der Waals surface area contributed by atoms with Crippen molar-refractivity contribution in [1.29, 1.82) is 0 Å². The smallest absolute Gasteiger partial charge is 0.0198 e. The maximum atomic E-state index is 4.25. The van der Waals surface area contributed by atoms with E-state index in [1.807, 2.05) is 0 Å². The van der Waals surface area contributed by atoms with Gasteiger partial charge in [-0.3, -0.25) is 4.90 Å². The van der Waals surface area contributed by atoms with E-state index in [1.165, 1.54) is 25.1 Å². The summed E-state index contributed by atoms with van der Waals surface area (Å²) in [6.07, 6.45) is 1.25. The van der Waals surface area contributed by atoms with Crippen LogP contribution in [0.15, 0.2) is 12.2 Å². The number of hydrogen-bond donors (Lipinski definition) is 1. The van der Waals surface area contributed by atoms with E-state index < -0.39 is 0 Å². The fourth-order valence-corrected chi connectivity index (χ4v) is 1.87. The molecule has 0 rings (SSSR count). The van der Waals surface area contributed by atoms with Crippen LogP contribution in [0.2, 0.25) is 0 Å². The molecule has 0 aliphatic heterocycles. The largest absolute Gasteiger partial charge is 0.304 e. The van der Waals surface area contributed by atoms with Crippen molar-refractivity contribution in [1.82, 2.24) is 9.80 Å². The number of likely N-dealkylation sites (N-methyl/N-ethyl adjacent to an activating group) is 1. The van der Waals surface area contributed by atoms with Crippen LogP contribution < -0.4 is 0 Å². The second kappa shape index (κ2) is 10.2. The van der Waals surface area contributed by atoms with Crippen LogP contribution in [0.4, 0.5) is 0 Å². The van der Waals surface area contributed by atoms with Gasteiger partial charge in [0.25, 0.3) is 0 Å². The molecule has 0 fully saturated rings. The zero-order valence-corrected chi connectivity index (χ0v) is 12.1. The summed E-state index contributed by atoms with van der Waals surface area (Å²) in [5, 5.41) is 0. The maximum absolute atomic E-state index is 4.25. The number of thiol groups is 1. The van der Waals surface area contributed by atoms with Gasteiger partial charge in [0.05, 0.1) is 0 Å². The quantitative estimate of drug-likeness (QED) is 0.466. The normalized spacial score (nSPS) is 11.4. The van der Waals surface area contributed by atoms with E-state index in [4.69, 9.17) is 0 Å². The molecule has 0 aromatic heterocycles. The molecule has 0 bridgehead atoms. The molecule has 3 heteroatoms. The second-order valence-corrected chi connectivity index (χ2v) is 4.47. The van der Waals surface area contributed by atoms with Crippen LogP contribution in [-0.2, 0) is 0 Å². The van der Waals surface area contributed by atoms with Crippen molar-refractivity contribution in [2.75, 3.05) is 45.0 Å². The molecule has 0 aromatic rings. The SMILES string of the molecule is C=C(CS)CN(CC)CCCN(CC)CC. The van der Waals surface area contributed by atoms with Gasteiger partial charge in [0.15, 0.2) is 0 Å². The van der Waals surface area contributed by atoms with Gasteiger partial charge in [-0.15, -0.1) is 0 Å². The summed E-state index contributed by atoms with van der Waals surface area (Å²) in [6, 6.07) is 0. The summed E-state index contributed by atoms with van der Waals surface area (Å²) < 4.78 is 0. The molecule has 0 amide bonds. The lowest BCUT2D eigenvalue weighted by atomic mass is 10.3. The second-order valence-electron chi connectivity index (χ2n) is 4.16. The molecule has 0 spiro atoms. The monoisotopic (exact) mass is 244 g/mol. The van der Waals surface area contributed by atoms with E-state index in [0.717, 1.165) is 31.9 Å². The third-order valence-corrected chi connectivity index (χ3v) is 3.41. The van der Waals surface area contributed by atoms with Gasteiger partial charge in [0, 0.05) is 12.3 Å². The lowest BCUT2D eigenvalue weighted by molar-refractivity contribution is 0.254. The summed E-state index contributed by atoms with van der Waals surface area (Å²) in [6.45, 7) is 17.5. The van der Waals surface area contributed by atoms with Crippen LogP contribution in [0.1, 0.15) is 27.2 Å². The van der Waals surface area contributed by atoms with Gasteiger partial charge in [-0.2, -0.15) is 12.6 Å². The maximum Gasteiger partial charge on any atom is 0.0198 e. The Morgan fingerprint density at radius 1 is 1.00 bits per heavy atom. The van der Waals surface area contributed by atoms with E-state index in [2.05, 4.69) is 49.8 Å². The Labute approximate surface area is 107 Å². The number of rotatable bonds is 10. The molecule has 0 radical (unpaired) electrons. The van der Waals surface area contributed by atoms with Crippen LogP contribution in [-0.4, -0.2) is 54.8 Å². The molecular formula is C13H28N2S. The molecule has 0 saturated heterocycles. The van der Waals surface area contributed by atoms with Crippen LogP contribution in [0.3, 0.4) is 0 Å². The highest BCUT2D eigenvalue weighted by atomic mass is 32.1. The van der Waals surface area contributed by atoms with Gasteiger partial charge in [0.2, 0.25) is 0 Å². The van der Waals surface area contributed by atoms with Crippen molar-refractivity contribution in [3.8, 4) is 0 Å². The average Bonchev–Trinajstić information content (AvgIpc) is 2.32. The minimum atomic E-state index is 0.798. The highest BCUT2D eigenvalue weighted by Crippen LogP contribution is 2.01. The fourth-order valence-electron chi connectivity index (χ4n) is 1.77. The first-order chi connectivity index (χ1) is 7.67. The van der Waals surface area contributed by atoms with E-state index >= 15 is 0 Å². The lowest BCUT2D eigenvalue weighted by Crippen LogP contribution is -2.31. The Bertz CT molecular complexity index is 179. The third-order valence-electron chi connectivity index (χ3n) is 2.96. The lowest BCUT2D eigenvalue weighted by Gasteiger charge is -2.23. The first-order valence-corrected chi connectivity index (χ1v) is 7.03. The Kier molecular flexibility index (Phi) is 10.2. The molecule has 0 N–H and O–H groups in total. The van der Waals surface area contributed by atoms with E-state index in [1.54, 1.807) is 0 Å². The summed E-state index contributed by atoms with van der Waals surface area (Å²) in [7, 11) is 0. The summed E-state index contributed by atoms with van der Waals surface area (Å²) in [5.74, 6) is 0.798. The van der Waals surface area contributed by atoms with Crippen molar-refractivity contribution in [2.45, 2.75) is 27.2 Å². The van der Waals surface area contributed by atoms with Crippen LogP contribution in [0, 0.1) is 0 Å². The molecule has 0 saturated carbocycles. The molecule has 0 unspecified atom stereocenters. The first-order valence-electron chi connectivity index (χ1n) is 6.40. The van der Waals surface area contributed by atoms with Gasteiger partial charge in [-0.1, -0.05) is 32.9 Å². The van der Waals surface area contributed by atoms with Gasteiger partial charge in [0.1, 0.15) is 0 Å². The Balaban J connectivity index is 3.74. The number of hydrogen-bond acceptors (Lipinski definition) is 3. The van der Waals surface area contributed by atoms with Crippen LogP contribution in [0.5, 0.6) is 0 Å². The zero-order valence-electron chi connectivity index (χ0n) is 11.2. The van der Waals surface area contributed by atoms with Crippen LogP contribution >= 0.6 is 12.6 Å². The van der Waals surface area contributed by atoms with Crippen molar-refractivity contribution in [3.05, 3.63) is 12.2 Å². The molecule has 0 aliphatic carbocycles. The molecular weight excluding hydrogens is 216 g/mol. The predicted molar refractivity (Wildman–Crippen MR) is 77.5 cm³/mol.